The smallest absolute Gasteiger partial charge is 0.273 e. The van der Waals surface area contributed by atoms with Crippen molar-refractivity contribution < 1.29 is 4.79 Å². The van der Waals surface area contributed by atoms with E-state index in [4.69, 9.17) is 0 Å². The van der Waals surface area contributed by atoms with Gasteiger partial charge in [-0.2, -0.15) is 0 Å². The van der Waals surface area contributed by atoms with Gasteiger partial charge in [0.1, 0.15) is 22.0 Å². The van der Waals surface area contributed by atoms with Gasteiger partial charge in [-0.3, -0.25) is 9.20 Å². The van der Waals surface area contributed by atoms with Crippen LogP contribution in [-0.2, 0) is 0 Å². The Morgan fingerprint density at radius 2 is 2.27 bits per heavy atom. The van der Waals surface area contributed by atoms with E-state index in [1.54, 1.807) is 0 Å². The van der Waals surface area contributed by atoms with Crippen molar-refractivity contribution in [3.05, 3.63) is 41.7 Å². The molecule has 1 aliphatic rings. The van der Waals surface area contributed by atoms with Crippen molar-refractivity contribution >= 4 is 35.3 Å². The molecule has 3 aromatic rings. The Bertz CT molecular complexity index is 900. The number of fused-ring (bicyclic) bond motifs is 1. The summed E-state index contributed by atoms with van der Waals surface area (Å²) in [7, 11) is 0. The summed E-state index contributed by atoms with van der Waals surface area (Å²) < 4.78 is 1.99. The Hall–Kier alpha value is -1.96. The molecule has 0 spiro atoms. The van der Waals surface area contributed by atoms with Crippen molar-refractivity contribution in [1.29, 1.82) is 0 Å². The summed E-state index contributed by atoms with van der Waals surface area (Å²) in [5.74, 6) is 0.0139. The molecule has 26 heavy (non-hydrogen) atoms. The number of nitrogens with zero attached hydrogens (tertiary/aromatic N) is 4. The number of carbonyl (C=O) groups is 1. The van der Waals surface area contributed by atoms with Crippen LogP contribution in [0, 0.1) is 0 Å². The second kappa shape index (κ2) is 7.73. The molecule has 0 unspecified atom stereocenters. The zero-order chi connectivity index (χ0) is 17.4. The van der Waals surface area contributed by atoms with E-state index in [1.807, 2.05) is 45.3 Å². The number of thiazole rings is 1. The molecule has 1 fully saturated rings. The highest BCUT2D eigenvalue weighted by Gasteiger charge is 2.30. The molecule has 6 nitrogen and oxygen atoms in total. The van der Waals surface area contributed by atoms with E-state index in [9.17, 15) is 4.79 Å². The van der Waals surface area contributed by atoms with Crippen LogP contribution >= 0.6 is 23.7 Å². The molecular formula is C18H22ClN5OS. The lowest BCUT2D eigenvalue weighted by atomic mass is 10.1. The maximum absolute atomic E-state index is 13.0. The summed E-state index contributed by atoms with van der Waals surface area (Å²) in [5, 5.41) is 6.01. The normalized spacial score (nSPS) is 16.8. The molecule has 4 rings (SSSR count). The van der Waals surface area contributed by atoms with E-state index < -0.39 is 0 Å². The highest BCUT2D eigenvalue weighted by molar-refractivity contribution is 7.13. The van der Waals surface area contributed by atoms with Gasteiger partial charge in [0.25, 0.3) is 5.91 Å². The predicted molar refractivity (Wildman–Crippen MR) is 106 cm³/mol. The van der Waals surface area contributed by atoms with Crippen molar-refractivity contribution in [3.63, 3.8) is 0 Å². The molecular weight excluding hydrogens is 370 g/mol. The molecule has 0 saturated carbocycles. The summed E-state index contributed by atoms with van der Waals surface area (Å²) in [5.41, 5.74) is 2.31. The minimum atomic E-state index is 0. The molecule has 0 radical (unpaired) electrons. The lowest BCUT2D eigenvalue weighted by Crippen LogP contribution is -2.46. The minimum absolute atomic E-state index is 0. The van der Waals surface area contributed by atoms with Gasteiger partial charge in [-0.1, -0.05) is 6.07 Å². The number of hydrogen-bond donors (Lipinski definition) is 1. The fourth-order valence-corrected chi connectivity index (χ4v) is 4.21. The number of hydrogen-bond acceptors (Lipinski definition) is 5. The molecule has 0 aromatic carbocycles. The highest BCUT2D eigenvalue weighted by Crippen LogP contribution is 2.26. The van der Waals surface area contributed by atoms with Crippen LogP contribution in [0.5, 0.6) is 0 Å². The standard InChI is InChI=1S/C18H21N5OS.ClH/c1-12(2)23(13-6-7-19-9-13)18(24)14-11-25-17(21-14)15-10-20-16-5-3-4-8-22(15)16;/h3-5,8,10-13,19H,6-7,9H2,1-2H3;1H/t13-;/m1./s1. The lowest BCUT2D eigenvalue weighted by Gasteiger charge is -2.31. The number of halogens is 1. The van der Waals surface area contributed by atoms with E-state index in [0.717, 1.165) is 35.9 Å². The van der Waals surface area contributed by atoms with Crippen LogP contribution in [0.4, 0.5) is 0 Å². The number of pyridine rings is 1. The average molecular weight is 392 g/mol. The Balaban J connectivity index is 0.00000196. The maximum Gasteiger partial charge on any atom is 0.273 e. The molecule has 138 valence electrons. The van der Waals surface area contributed by atoms with E-state index >= 15 is 0 Å². The van der Waals surface area contributed by atoms with Crippen LogP contribution in [0.15, 0.2) is 36.0 Å². The van der Waals surface area contributed by atoms with Crippen LogP contribution < -0.4 is 5.32 Å². The Morgan fingerprint density at radius 1 is 1.42 bits per heavy atom. The van der Waals surface area contributed by atoms with Gasteiger partial charge in [-0.25, -0.2) is 9.97 Å². The third-order valence-corrected chi connectivity index (χ3v) is 5.44. The number of rotatable bonds is 4. The van der Waals surface area contributed by atoms with E-state index in [1.165, 1.54) is 11.3 Å². The van der Waals surface area contributed by atoms with Crippen molar-refractivity contribution in [2.75, 3.05) is 13.1 Å². The topological polar surface area (TPSA) is 62.5 Å². The number of imidazole rings is 1. The van der Waals surface area contributed by atoms with Crippen molar-refractivity contribution in [1.82, 2.24) is 24.6 Å². The molecule has 4 heterocycles. The molecule has 1 atom stereocenters. The Morgan fingerprint density at radius 3 is 3.00 bits per heavy atom. The van der Waals surface area contributed by atoms with Gasteiger partial charge in [-0.05, 0) is 38.9 Å². The lowest BCUT2D eigenvalue weighted by molar-refractivity contribution is 0.0621. The number of aromatic nitrogens is 3. The Labute approximate surface area is 162 Å². The first-order valence-corrected chi connectivity index (χ1v) is 9.44. The van der Waals surface area contributed by atoms with Gasteiger partial charge in [0.2, 0.25) is 0 Å². The molecule has 3 aromatic heterocycles. The number of amides is 1. The van der Waals surface area contributed by atoms with Crippen molar-refractivity contribution in [2.24, 2.45) is 0 Å². The van der Waals surface area contributed by atoms with Gasteiger partial charge in [0, 0.05) is 30.2 Å². The SMILES string of the molecule is CC(C)N(C(=O)c1csc(-c2cnc3ccccn23)n1)[C@@H]1CCNC1.Cl. The summed E-state index contributed by atoms with van der Waals surface area (Å²) in [4.78, 5) is 24.0. The van der Waals surface area contributed by atoms with Crippen LogP contribution in [0.1, 0.15) is 30.8 Å². The molecule has 1 N–H and O–H groups in total. The zero-order valence-corrected chi connectivity index (χ0v) is 16.4. The molecule has 8 heteroatoms. The summed E-state index contributed by atoms with van der Waals surface area (Å²) in [6.45, 7) is 5.95. The number of carbonyl (C=O) groups excluding carboxylic acids is 1. The summed E-state index contributed by atoms with van der Waals surface area (Å²) in [6.07, 6.45) is 4.77. The fourth-order valence-electron chi connectivity index (χ4n) is 3.41. The second-order valence-electron chi connectivity index (χ2n) is 6.56. The summed E-state index contributed by atoms with van der Waals surface area (Å²) >= 11 is 1.49. The first-order chi connectivity index (χ1) is 12.1. The van der Waals surface area contributed by atoms with Gasteiger partial charge in [-0.15, -0.1) is 23.7 Å². The van der Waals surface area contributed by atoms with Gasteiger partial charge < -0.3 is 10.2 Å². The van der Waals surface area contributed by atoms with E-state index in [2.05, 4.69) is 29.1 Å². The predicted octanol–water partition coefficient (Wildman–Crippen LogP) is 3.09. The highest BCUT2D eigenvalue weighted by atomic mass is 35.5. The van der Waals surface area contributed by atoms with E-state index in [0.29, 0.717) is 5.69 Å². The quantitative estimate of drug-likeness (QED) is 0.742. The third kappa shape index (κ3) is 3.34. The van der Waals surface area contributed by atoms with Gasteiger partial charge >= 0.3 is 0 Å². The second-order valence-corrected chi connectivity index (χ2v) is 7.42. The molecule has 1 saturated heterocycles. The summed E-state index contributed by atoms with van der Waals surface area (Å²) in [6, 6.07) is 6.27. The third-order valence-electron chi connectivity index (χ3n) is 4.58. The van der Waals surface area contributed by atoms with Gasteiger partial charge in [0.15, 0.2) is 0 Å². The Kier molecular flexibility index (Phi) is 5.60. The first kappa shape index (κ1) is 18.8. The molecule has 1 aliphatic heterocycles. The largest absolute Gasteiger partial charge is 0.331 e. The minimum Gasteiger partial charge on any atom is -0.331 e. The molecule has 0 bridgehead atoms. The first-order valence-electron chi connectivity index (χ1n) is 8.56. The maximum atomic E-state index is 13.0. The van der Waals surface area contributed by atoms with Crippen molar-refractivity contribution in [2.45, 2.75) is 32.4 Å². The van der Waals surface area contributed by atoms with Crippen LogP contribution in [0.3, 0.4) is 0 Å². The van der Waals surface area contributed by atoms with Crippen molar-refractivity contribution in [3.8, 4) is 10.7 Å². The van der Waals surface area contributed by atoms with Gasteiger partial charge in [0.05, 0.1) is 6.20 Å². The molecule has 1 amide bonds. The molecule has 0 aliphatic carbocycles. The van der Waals surface area contributed by atoms with Crippen LogP contribution in [-0.4, -0.2) is 50.3 Å². The van der Waals surface area contributed by atoms with Crippen LogP contribution in [0.25, 0.3) is 16.3 Å². The fraction of sp³-hybridized carbons (Fsp3) is 0.389. The van der Waals surface area contributed by atoms with E-state index in [-0.39, 0.29) is 30.4 Å². The van der Waals surface area contributed by atoms with Crippen LogP contribution in [0.2, 0.25) is 0 Å². The number of nitrogens with one attached hydrogen (secondary N) is 1. The zero-order valence-electron chi connectivity index (χ0n) is 14.8. The monoisotopic (exact) mass is 391 g/mol. The average Bonchev–Trinajstić information content (AvgIpc) is 3.34.